The van der Waals surface area contributed by atoms with Crippen LogP contribution in [0, 0.1) is 24.2 Å². The molecule has 0 unspecified atom stereocenters. The van der Waals surface area contributed by atoms with Gasteiger partial charge in [-0.15, -0.1) is 11.8 Å². The maximum Gasteiger partial charge on any atom is 0.00992 e. The minimum atomic E-state index is 0.786. The van der Waals surface area contributed by atoms with Crippen LogP contribution in [0.15, 0.2) is 0 Å². The lowest BCUT2D eigenvalue weighted by Gasteiger charge is -1.87. The van der Waals surface area contributed by atoms with Crippen molar-refractivity contribution in [3.05, 3.63) is 6.42 Å². The SMILES string of the molecule is [C]#CCCCCC#CCC. The molecule has 0 saturated carbocycles. The topological polar surface area (TPSA) is 0 Å². The van der Waals surface area contributed by atoms with E-state index >= 15 is 0 Å². The molecule has 0 aromatic carbocycles. The van der Waals surface area contributed by atoms with Crippen molar-refractivity contribution in [3.8, 4) is 17.8 Å². The monoisotopic (exact) mass is 133 g/mol. The Morgan fingerprint density at radius 3 is 2.40 bits per heavy atom. The summed E-state index contributed by atoms with van der Waals surface area (Å²) in [5, 5.41) is 0. The zero-order valence-corrected chi connectivity index (χ0v) is 6.54. The van der Waals surface area contributed by atoms with Crippen LogP contribution in [-0.2, 0) is 0 Å². The van der Waals surface area contributed by atoms with Gasteiger partial charge in [-0.3, -0.25) is 0 Å². The molecule has 0 bridgehead atoms. The third-order valence-corrected chi connectivity index (χ3v) is 1.16. The average Bonchev–Trinajstić information content (AvgIpc) is 1.97. The van der Waals surface area contributed by atoms with E-state index in [0.29, 0.717) is 0 Å². The van der Waals surface area contributed by atoms with Gasteiger partial charge in [-0.25, -0.2) is 0 Å². The van der Waals surface area contributed by atoms with E-state index in [4.69, 9.17) is 6.42 Å². The van der Waals surface area contributed by atoms with E-state index in [0.717, 1.165) is 32.1 Å². The minimum absolute atomic E-state index is 0.786. The highest BCUT2D eigenvalue weighted by molar-refractivity contribution is 4.97. The molecule has 0 atom stereocenters. The summed E-state index contributed by atoms with van der Waals surface area (Å²) in [6.07, 6.45) is 11.5. The molecule has 0 rings (SSSR count). The van der Waals surface area contributed by atoms with Gasteiger partial charge in [-0.1, -0.05) is 12.8 Å². The third kappa shape index (κ3) is 7.12. The van der Waals surface area contributed by atoms with E-state index in [1.54, 1.807) is 0 Å². The molecule has 0 aromatic rings. The summed E-state index contributed by atoms with van der Waals surface area (Å²) in [5.74, 6) is 8.42. The second kappa shape index (κ2) is 8.12. The second-order valence-electron chi connectivity index (χ2n) is 2.09. The Hall–Kier alpha value is -0.880. The molecule has 53 valence electrons. The van der Waals surface area contributed by atoms with Gasteiger partial charge in [0.1, 0.15) is 0 Å². The van der Waals surface area contributed by atoms with Crippen molar-refractivity contribution in [3.63, 3.8) is 0 Å². The Morgan fingerprint density at radius 2 is 1.80 bits per heavy atom. The van der Waals surface area contributed by atoms with Crippen molar-refractivity contribution >= 4 is 0 Å². The lowest BCUT2D eigenvalue weighted by Crippen LogP contribution is -1.71. The van der Waals surface area contributed by atoms with E-state index < -0.39 is 0 Å². The zero-order valence-electron chi connectivity index (χ0n) is 6.54. The first-order chi connectivity index (χ1) is 4.91. The van der Waals surface area contributed by atoms with Crippen LogP contribution in [0.4, 0.5) is 0 Å². The number of rotatable bonds is 3. The Kier molecular flexibility index (Phi) is 7.41. The van der Waals surface area contributed by atoms with Crippen molar-refractivity contribution in [2.75, 3.05) is 0 Å². The predicted molar refractivity (Wildman–Crippen MR) is 43.7 cm³/mol. The summed E-state index contributed by atoms with van der Waals surface area (Å²) in [4.78, 5) is 0. The molecule has 0 heteroatoms. The van der Waals surface area contributed by atoms with Crippen molar-refractivity contribution < 1.29 is 0 Å². The summed E-state index contributed by atoms with van der Waals surface area (Å²) in [6, 6.07) is 0. The molecule has 0 amide bonds. The molecule has 10 heavy (non-hydrogen) atoms. The van der Waals surface area contributed by atoms with Crippen LogP contribution in [0.2, 0.25) is 0 Å². The summed E-state index contributed by atoms with van der Waals surface area (Å²) in [6.45, 7) is 2.05. The summed E-state index contributed by atoms with van der Waals surface area (Å²) in [7, 11) is 0. The van der Waals surface area contributed by atoms with E-state index in [9.17, 15) is 0 Å². The highest BCUT2D eigenvalue weighted by atomic mass is 13.8. The predicted octanol–water partition coefficient (Wildman–Crippen LogP) is 2.55. The second-order valence-corrected chi connectivity index (χ2v) is 2.09. The van der Waals surface area contributed by atoms with Gasteiger partial charge >= 0.3 is 0 Å². The number of hydrogen-bond donors (Lipinski definition) is 0. The number of unbranched alkanes of at least 4 members (excludes halogenated alkanes) is 3. The summed E-state index contributed by atoms with van der Waals surface area (Å²) < 4.78 is 0. The van der Waals surface area contributed by atoms with E-state index in [1.807, 2.05) is 0 Å². The molecule has 0 aromatic heterocycles. The molecule has 0 saturated heterocycles. The van der Waals surface area contributed by atoms with Crippen molar-refractivity contribution in [1.82, 2.24) is 0 Å². The molecule has 0 aliphatic rings. The Labute approximate surface area is 64.0 Å². The first-order valence-electron chi connectivity index (χ1n) is 3.77. The van der Waals surface area contributed by atoms with Gasteiger partial charge in [0.05, 0.1) is 0 Å². The average molecular weight is 133 g/mol. The summed E-state index contributed by atoms with van der Waals surface area (Å²) in [5.41, 5.74) is 0. The van der Waals surface area contributed by atoms with Crippen molar-refractivity contribution in [1.29, 1.82) is 0 Å². The van der Waals surface area contributed by atoms with Gasteiger partial charge in [0, 0.05) is 19.3 Å². The van der Waals surface area contributed by atoms with Crippen LogP contribution in [-0.4, -0.2) is 0 Å². The fraction of sp³-hybridized carbons (Fsp3) is 0.600. The fourth-order valence-corrected chi connectivity index (χ4v) is 0.640. The van der Waals surface area contributed by atoms with Crippen molar-refractivity contribution in [2.45, 2.75) is 39.0 Å². The normalized spacial score (nSPS) is 7.60. The van der Waals surface area contributed by atoms with Crippen LogP contribution < -0.4 is 0 Å². The molecule has 1 radical (unpaired) electrons. The van der Waals surface area contributed by atoms with Gasteiger partial charge in [-0.05, 0) is 19.3 Å². The maximum absolute atomic E-state index is 6.63. The highest BCUT2D eigenvalue weighted by Crippen LogP contribution is 1.96. The maximum atomic E-state index is 6.63. The molecule has 0 fully saturated rings. The molecular formula is C10H13. The Bertz CT molecular complexity index is 149. The van der Waals surface area contributed by atoms with Crippen LogP contribution in [0.1, 0.15) is 39.0 Å². The molecule has 0 nitrogen and oxygen atoms in total. The standard InChI is InChI=1S/C10H13/c1-3-5-7-9-10-8-6-4-2/h3,6,8-10H2,1H3. The highest BCUT2D eigenvalue weighted by Gasteiger charge is 1.81. The van der Waals surface area contributed by atoms with Gasteiger partial charge in [0.15, 0.2) is 0 Å². The molecule has 0 heterocycles. The molecule has 0 aliphatic carbocycles. The van der Waals surface area contributed by atoms with Gasteiger partial charge in [-0.2, -0.15) is 0 Å². The lowest BCUT2D eigenvalue weighted by molar-refractivity contribution is 0.782. The van der Waals surface area contributed by atoms with Crippen LogP contribution in [0.25, 0.3) is 0 Å². The molecule has 0 spiro atoms. The Morgan fingerprint density at radius 1 is 1.10 bits per heavy atom. The van der Waals surface area contributed by atoms with Crippen LogP contribution in [0.5, 0.6) is 0 Å². The van der Waals surface area contributed by atoms with E-state index in [2.05, 4.69) is 24.7 Å². The van der Waals surface area contributed by atoms with Gasteiger partial charge in [0.2, 0.25) is 0 Å². The summed E-state index contributed by atoms with van der Waals surface area (Å²) >= 11 is 0. The van der Waals surface area contributed by atoms with Gasteiger partial charge in [0.25, 0.3) is 0 Å². The molecular weight excluding hydrogens is 120 g/mol. The largest absolute Gasteiger partial charge is 0.104 e. The van der Waals surface area contributed by atoms with Gasteiger partial charge < -0.3 is 0 Å². The smallest absolute Gasteiger partial charge is 0.00992 e. The van der Waals surface area contributed by atoms with E-state index in [1.165, 1.54) is 0 Å². The molecule has 0 N–H and O–H groups in total. The first-order valence-corrected chi connectivity index (χ1v) is 3.77. The van der Waals surface area contributed by atoms with Crippen molar-refractivity contribution in [2.24, 2.45) is 0 Å². The molecule has 0 aliphatic heterocycles. The fourth-order valence-electron chi connectivity index (χ4n) is 0.640. The zero-order chi connectivity index (χ0) is 7.66. The first kappa shape index (κ1) is 9.12. The Balaban J connectivity index is 2.99. The third-order valence-electron chi connectivity index (χ3n) is 1.16. The minimum Gasteiger partial charge on any atom is -0.104 e. The number of hydrogen-bond acceptors (Lipinski definition) is 0. The lowest BCUT2D eigenvalue weighted by atomic mass is 10.2. The van der Waals surface area contributed by atoms with Crippen LogP contribution in [0.3, 0.4) is 0 Å². The van der Waals surface area contributed by atoms with E-state index in [-0.39, 0.29) is 0 Å². The quantitative estimate of drug-likeness (QED) is 0.410. The van der Waals surface area contributed by atoms with Crippen LogP contribution >= 0.6 is 0 Å².